The van der Waals surface area contributed by atoms with Crippen LogP contribution in [0, 0.1) is 29.1 Å². The molecule has 0 heterocycles. The fourth-order valence-electron chi connectivity index (χ4n) is 1.01. The molecule has 100 valence electrons. The van der Waals surface area contributed by atoms with E-state index in [1.807, 2.05) is 0 Å². The van der Waals surface area contributed by atoms with E-state index in [2.05, 4.69) is 9.99 Å². The molecule has 0 fully saturated rings. The Kier molecular flexibility index (Phi) is 5.02. The molecule has 1 aromatic rings. The number of benzene rings is 1. The lowest BCUT2D eigenvalue weighted by Gasteiger charge is -2.03. The van der Waals surface area contributed by atoms with Crippen molar-refractivity contribution in [1.82, 2.24) is 0 Å². The second-order valence-corrected chi connectivity index (χ2v) is 3.13. The maximum Gasteiger partial charge on any atom is 0.200 e. The fraction of sp³-hybridized carbons (Fsp3) is 0.300. The molecule has 1 rings (SSSR count). The topological polar surface area (TPSA) is 41.8 Å². The average Bonchev–Trinajstić information content (AvgIpc) is 2.37. The van der Waals surface area contributed by atoms with Crippen molar-refractivity contribution in [1.29, 1.82) is 0 Å². The van der Waals surface area contributed by atoms with Crippen molar-refractivity contribution in [2.45, 2.75) is 6.42 Å². The minimum absolute atomic E-state index is 0.0532. The summed E-state index contributed by atoms with van der Waals surface area (Å²) in [5.74, 6) is -10.3. The zero-order valence-electron chi connectivity index (χ0n) is 8.89. The van der Waals surface area contributed by atoms with Crippen LogP contribution in [0.25, 0.3) is 0 Å². The number of oxime groups is 1. The third-order valence-electron chi connectivity index (χ3n) is 1.89. The predicted molar refractivity (Wildman–Crippen MR) is 51.5 cm³/mol. The molecule has 0 radical (unpaired) electrons. The molecule has 0 atom stereocenters. The molecule has 1 aromatic carbocycles. The third-order valence-corrected chi connectivity index (χ3v) is 1.89. The van der Waals surface area contributed by atoms with Crippen LogP contribution in [-0.4, -0.2) is 24.5 Å². The number of hydrogen-bond donors (Lipinski definition) is 1. The molecule has 0 saturated heterocycles. The Morgan fingerprint density at radius 1 is 0.944 bits per heavy atom. The van der Waals surface area contributed by atoms with Gasteiger partial charge in [0.25, 0.3) is 0 Å². The van der Waals surface area contributed by atoms with Crippen LogP contribution in [0.2, 0.25) is 0 Å². The van der Waals surface area contributed by atoms with Crippen LogP contribution >= 0.6 is 0 Å². The SMILES string of the molecule is OCCCON=Cc1c(F)c(F)c(F)c(F)c1F. The van der Waals surface area contributed by atoms with Crippen LogP contribution in [0.15, 0.2) is 5.16 Å². The Morgan fingerprint density at radius 3 is 1.94 bits per heavy atom. The largest absolute Gasteiger partial charge is 0.396 e. The molecule has 0 bridgehead atoms. The summed E-state index contributed by atoms with van der Waals surface area (Å²) in [4.78, 5) is 4.44. The summed E-state index contributed by atoms with van der Waals surface area (Å²) in [7, 11) is 0. The van der Waals surface area contributed by atoms with E-state index in [0.29, 0.717) is 6.21 Å². The zero-order valence-corrected chi connectivity index (χ0v) is 8.89. The van der Waals surface area contributed by atoms with Gasteiger partial charge in [-0.3, -0.25) is 0 Å². The zero-order chi connectivity index (χ0) is 13.7. The molecule has 8 heteroatoms. The Labute approximate surface area is 98.5 Å². The minimum atomic E-state index is -2.23. The van der Waals surface area contributed by atoms with Gasteiger partial charge in [-0.1, -0.05) is 5.16 Å². The summed E-state index contributed by atoms with van der Waals surface area (Å²) >= 11 is 0. The van der Waals surface area contributed by atoms with Crippen LogP contribution in [0.3, 0.4) is 0 Å². The first-order valence-corrected chi connectivity index (χ1v) is 4.78. The van der Waals surface area contributed by atoms with Crippen molar-refractivity contribution in [2.75, 3.05) is 13.2 Å². The highest BCUT2D eigenvalue weighted by Crippen LogP contribution is 2.21. The van der Waals surface area contributed by atoms with Crippen LogP contribution in [0.1, 0.15) is 12.0 Å². The molecule has 0 aromatic heterocycles. The van der Waals surface area contributed by atoms with Gasteiger partial charge in [0, 0.05) is 13.0 Å². The van der Waals surface area contributed by atoms with E-state index in [0.717, 1.165) is 0 Å². The van der Waals surface area contributed by atoms with Gasteiger partial charge in [-0.15, -0.1) is 0 Å². The van der Waals surface area contributed by atoms with Crippen LogP contribution < -0.4 is 0 Å². The molecule has 3 nitrogen and oxygen atoms in total. The minimum Gasteiger partial charge on any atom is -0.396 e. The van der Waals surface area contributed by atoms with Crippen molar-refractivity contribution in [3.8, 4) is 0 Å². The van der Waals surface area contributed by atoms with Gasteiger partial charge in [0.15, 0.2) is 23.3 Å². The van der Waals surface area contributed by atoms with Gasteiger partial charge in [-0.25, -0.2) is 22.0 Å². The third kappa shape index (κ3) is 2.95. The fourth-order valence-corrected chi connectivity index (χ4v) is 1.01. The lowest BCUT2D eigenvalue weighted by atomic mass is 10.2. The maximum absolute atomic E-state index is 13.1. The number of aliphatic hydroxyl groups is 1. The Bertz CT molecular complexity index is 435. The molecular formula is C10H8F5NO2. The predicted octanol–water partition coefficient (Wildman–Crippen LogP) is 2.12. The first kappa shape index (κ1) is 14.4. The van der Waals surface area contributed by atoms with E-state index in [1.54, 1.807) is 0 Å². The van der Waals surface area contributed by atoms with Crippen LogP contribution in [0.5, 0.6) is 0 Å². The van der Waals surface area contributed by atoms with Gasteiger partial charge < -0.3 is 9.94 Å². The normalized spacial score (nSPS) is 11.2. The molecular weight excluding hydrogens is 261 g/mol. The summed E-state index contributed by atoms with van der Waals surface area (Å²) in [6.07, 6.45) is 0.599. The number of halogens is 5. The second-order valence-electron chi connectivity index (χ2n) is 3.13. The van der Waals surface area contributed by atoms with Gasteiger partial charge in [0.2, 0.25) is 5.82 Å². The molecule has 0 aliphatic carbocycles. The summed E-state index contributed by atoms with van der Waals surface area (Å²) < 4.78 is 64.3. The van der Waals surface area contributed by atoms with Crippen molar-refractivity contribution < 1.29 is 31.9 Å². The van der Waals surface area contributed by atoms with Gasteiger partial charge in [-0.05, 0) is 0 Å². The molecule has 0 saturated carbocycles. The second kappa shape index (κ2) is 6.29. The average molecular weight is 269 g/mol. The summed E-state index contributed by atoms with van der Waals surface area (Å²) in [5.41, 5.74) is -1.18. The number of aliphatic hydroxyl groups excluding tert-OH is 1. The van der Waals surface area contributed by atoms with Crippen LogP contribution in [0.4, 0.5) is 22.0 Å². The molecule has 0 spiro atoms. The molecule has 0 amide bonds. The highest BCUT2D eigenvalue weighted by Gasteiger charge is 2.24. The number of rotatable bonds is 5. The molecule has 0 aliphatic heterocycles. The van der Waals surface area contributed by atoms with E-state index in [-0.39, 0.29) is 19.6 Å². The van der Waals surface area contributed by atoms with Crippen molar-refractivity contribution >= 4 is 6.21 Å². The van der Waals surface area contributed by atoms with Gasteiger partial charge in [0.05, 0.1) is 11.8 Å². The van der Waals surface area contributed by atoms with E-state index in [9.17, 15) is 22.0 Å². The standard InChI is InChI=1S/C10H8F5NO2/c11-6-5(4-16-18-3-1-2-17)7(12)9(14)10(15)8(6)13/h4,17H,1-3H2. The van der Waals surface area contributed by atoms with Gasteiger partial charge in [-0.2, -0.15) is 0 Å². The first-order valence-electron chi connectivity index (χ1n) is 4.78. The summed E-state index contributed by atoms with van der Waals surface area (Å²) in [6.45, 7) is -0.236. The molecule has 18 heavy (non-hydrogen) atoms. The monoisotopic (exact) mass is 269 g/mol. The molecule has 1 N–H and O–H groups in total. The molecule has 0 unspecified atom stereocenters. The summed E-state index contributed by atoms with van der Waals surface area (Å²) in [6, 6.07) is 0. The van der Waals surface area contributed by atoms with Gasteiger partial charge >= 0.3 is 0 Å². The maximum atomic E-state index is 13.1. The number of hydrogen-bond acceptors (Lipinski definition) is 3. The lowest BCUT2D eigenvalue weighted by Crippen LogP contribution is -2.06. The van der Waals surface area contributed by atoms with Crippen molar-refractivity contribution in [3.05, 3.63) is 34.6 Å². The Morgan fingerprint density at radius 2 is 1.44 bits per heavy atom. The number of nitrogens with zero attached hydrogens (tertiary/aromatic N) is 1. The van der Waals surface area contributed by atoms with Gasteiger partial charge in [0.1, 0.15) is 6.61 Å². The summed E-state index contributed by atoms with van der Waals surface area (Å²) in [5, 5.41) is 11.4. The van der Waals surface area contributed by atoms with E-state index in [1.165, 1.54) is 0 Å². The molecule has 0 aliphatic rings. The van der Waals surface area contributed by atoms with Crippen LogP contribution in [-0.2, 0) is 4.84 Å². The van der Waals surface area contributed by atoms with E-state index >= 15 is 0 Å². The van der Waals surface area contributed by atoms with Crippen molar-refractivity contribution in [3.63, 3.8) is 0 Å². The lowest BCUT2D eigenvalue weighted by molar-refractivity contribution is 0.125. The first-order chi connectivity index (χ1) is 8.50. The van der Waals surface area contributed by atoms with E-state index < -0.39 is 34.6 Å². The van der Waals surface area contributed by atoms with E-state index in [4.69, 9.17) is 5.11 Å². The Hall–Kier alpha value is -1.70. The smallest absolute Gasteiger partial charge is 0.200 e. The highest BCUT2D eigenvalue weighted by molar-refractivity contribution is 5.80. The van der Waals surface area contributed by atoms with Crippen molar-refractivity contribution in [2.24, 2.45) is 5.16 Å². The Balaban J connectivity index is 2.96. The quantitative estimate of drug-likeness (QED) is 0.222. The highest BCUT2D eigenvalue weighted by atomic mass is 19.2.